The molecule has 4 nitrogen and oxygen atoms in total. The van der Waals surface area contributed by atoms with Crippen molar-refractivity contribution in [3.63, 3.8) is 0 Å². The maximum absolute atomic E-state index is 13.1. The van der Waals surface area contributed by atoms with Gasteiger partial charge in [-0.2, -0.15) is 0 Å². The average Bonchev–Trinajstić information content (AvgIpc) is 2.43. The number of benzene rings is 2. The van der Waals surface area contributed by atoms with Crippen LogP contribution in [0, 0.1) is 5.82 Å². The zero-order chi connectivity index (χ0) is 15.4. The molecule has 0 unspecified atom stereocenters. The van der Waals surface area contributed by atoms with Crippen LogP contribution >= 0.6 is 11.6 Å². The third kappa shape index (κ3) is 3.64. The minimum Gasteiger partial charge on any atom is -0.456 e. The van der Waals surface area contributed by atoms with Gasteiger partial charge in [-0.05, 0) is 31.2 Å². The molecule has 3 N–H and O–H groups in total. The zero-order valence-corrected chi connectivity index (χ0v) is 12.1. The Hall–Kier alpha value is -2.27. The van der Waals surface area contributed by atoms with Gasteiger partial charge in [0.05, 0.1) is 10.6 Å². The molecular weight excluding hydrogens is 295 g/mol. The van der Waals surface area contributed by atoms with E-state index in [1.807, 2.05) is 6.92 Å². The maximum Gasteiger partial charge on any atom is 0.255 e. The number of nitrogens with two attached hydrogens (primary N) is 1. The molecule has 0 heterocycles. The number of nitrogens with one attached hydrogen (secondary N) is 1. The third-order valence-electron chi connectivity index (χ3n) is 2.71. The number of carbonyl (C=O) groups excluding carboxylic acids is 1. The summed E-state index contributed by atoms with van der Waals surface area (Å²) in [7, 11) is 0. The van der Waals surface area contributed by atoms with Gasteiger partial charge < -0.3 is 15.8 Å². The summed E-state index contributed by atoms with van der Waals surface area (Å²) in [5.41, 5.74) is 6.50. The largest absolute Gasteiger partial charge is 0.456 e. The minimum absolute atomic E-state index is 0.0593. The zero-order valence-electron chi connectivity index (χ0n) is 11.3. The van der Waals surface area contributed by atoms with E-state index in [1.165, 1.54) is 24.3 Å². The van der Waals surface area contributed by atoms with E-state index >= 15 is 0 Å². The van der Waals surface area contributed by atoms with Gasteiger partial charge in [0, 0.05) is 24.4 Å². The lowest BCUT2D eigenvalue weighted by atomic mass is 10.1. The fourth-order valence-corrected chi connectivity index (χ4v) is 1.90. The van der Waals surface area contributed by atoms with E-state index in [9.17, 15) is 9.18 Å². The number of ether oxygens (including phenoxy) is 1. The van der Waals surface area contributed by atoms with Crippen LogP contribution in [0.4, 0.5) is 10.1 Å². The number of hydrogen-bond donors (Lipinski definition) is 2. The highest BCUT2D eigenvalue weighted by Gasteiger charge is 2.13. The van der Waals surface area contributed by atoms with Crippen molar-refractivity contribution < 1.29 is 13.9 Å². The van der Waals surface area contributed by atoms with Crippen molar-refractivity contribution >= 4 is 23.2 Å². The molecule has 2 rings (SSSR count). The van der Waals surface area contributed by atoms with Crippen LogP contribution in [0.3, 0.4) is 0 Å². The summed E-state index contributed by atoms with van der Waals surface area (Å²) in [4.78, 5) is 12.0. The van der Waals surface area contributed by atoms with E-state index in [2.05, 4.69) is 5.32 Å². The fraction of sp³-hybridized carbons (Fsp3) is 0.133. The standard InChI is InChI=1S/C15H14ClFN2O2/c1-2-19-15(20)11-5-3-9(18)7-14(11)21-10-4-6-13(17)12(16)8-10/h3-8H,2,18H2,1H3,(H,19,20). The molecule has 0 aliphatic heterocycles. The van der Waals surface area contributed by atoms with Gasteiger partial charge in [-0.15, -0.1) is 0 Å². The predicted octanol–water partition coefficient (Wildman–Crippen LogP) is 3.60. The summed E-state index contributed by atoms with van der Waals surface area (Å²) in [5.74, 6) is -0.220. The summed E-state index contributed by atoms with van der Waals surface area (Å²) in [5, 5.41) is 2.62. The minimum atomic E-state index is -0.541. The normalized spacial score (nSPS) is 10.2. The first kappa shape index (κ1) is 15.1. The molecule has 0 fully saturated rings. The van der Waals surface area contributed by atoms with Crippen LogP contribution in [0.1, 0.15) is 17.3 Å². The highest BCUT2D eigenvalue weighted by atomic mass is 35.5. The van der Waals surface area contributed by atoms with Crippen molar-refractivity contribution in [2.45, 2.75) is 6.92 Å². The topological polar surface area (TPSA) is 64.4 Å². The summed E-state index contributed by atoms with van der Waals surface area (Å²) in [6, 6.07) is 8.65. The molecule has 0 aliphatic carbocycles. The number of halogens is 2. The molecule has 2 aromatic carbocycles. The molecular formula is C15H14ClFN2O2. The quantitative estimate of drug-likeness (QED) is 0.848. The van der Waals surface area contributed by atoms with Crippen molar-refractivity contribution in [1.29, 1.82) is 0 Å². The van der Waals surface area contributed by atoms with E-state index in [-0.39, 0.29) is 16.7 Å². The smallest absolute Gasteiger partial charge is 0.255 e. The van der Waals surface area contributed by atoms with Crippen molar-refractivity contribution in [2.24, 2.45) is 0 Å². The van der Waals surface area contributed by atoms with E-state index in [0.29, 0.717) is 23.5 Å². The molecule has 0 spiro atoms. The van der Waals surface area contributed by atoms with E-state index < -0.39 is 5.82 Å². The molecule has 2 aromatic rings. The first-order valence-electron chi connectivity index (χ1n) is 6.32. The molecule has 0 radical (unpaired) electrons. The Morgan fingerprint density at radius 1 is 1.33 bits per heavy atom. The van der Waals surface area contributed by atoms with Gasteiger partial charge in [-0.1, -0.05) is 11.6 Å². The van der Waals surface area contributed by atoms with E-state index in [1.54, 1.807) is 12.1 Å². The molecule has 0 atom stereocenters. The van der Waals surface area contributed by atoms with Gasteiger partial charge in [-0.3, -0.25) is 4.79 Å². The highest BCUT2D eigenvalue weighted by Crippen LogP contribution is 2.30. The second-order valence-electron chi connectivity index (χ2n) is 4.29. The van der Waals surface area contributed by atoms with Gasteiger partial charge in [0.1, 0.15) is 17.3 Å². The lowest BCUT2D eigenvalue weighted by molar-refractivity contribution is 0.0953. The number of rotatable bonds is 4. The van der Waals surface area contributed by atoms with Crippen LogP contribution in [0.15, 0.2) is 36.4 Å². The van der Waals surface area contributed by atoms with E-state index in [0.717, 1.165) is 0 Å². The second-order valence-corrected chi connectivity index (χ2v) is 4.70. The number of nitrogen functional groups attached to an aromatic ring is 1. The number of hydrogen-bond acceptors (Lipinski definition) is 3. The van der Waals surface area contributed by atoms with Crippen molar-refractivity contribution in [3.8, 4) is 11.5 Å². The van der Waals surface area contributed by atoms with Crippen LogP contribution in [0.5, 0.6) is 11.5 Å². The average molecular weight is 309 g/mol. The Labute approximate surface area is 126 Å². The molecule has 1 amide bonds. The summed E-state index contributed by atoms with van der Waals surface area (Å²) >= 11 is 5.70. The number of amides is 1. The molecule has 0 aliphatic rings. The Bertz CT molecular complexity index is 677. The van der Waals surface area contributed by atoms with Crippen LogP contribution in [0.25, 0.3) is 0 Å². The van der Waals surface area contributed by atoms with Crippen LogP contribution in [-0.4, -0.2) is 12.5 Å². The molecule has 110 valence electrons. The van der Waals surface area contributed by atoms with Gasteiger partial charge in [-0.25, -0.2) is 4.39 Å². The summed E-state index contributed by atoms with van der Waals surface area (Å²) in [6.45, 7) is 2.31. The Morgan fingerprint density at radius 3 is 2.76 bits per heavy atom. The number of anilines is 1. The maximum atomic E-state index is 13.1. The van der Waals surface area contributed by atoms with Crippen LogP contribution in [-0.2, 0) is 0 Å². The Kier molecular flexibility index (Phi) is 4.65. The van der Waals surface area contributed by atoms with Gasteiger partial charge in [0.25, 0.3) is 5.91 Å². The second kappa shape index (κ2) is 6.45. The molecule has 0 bridgehead atoms. The lowest BCUT2D eigenvalue weighted by Gasteiger charge is -2.12. The predicted molar refractivity (Wildman–Crippen MR) is 80.3 cm³/mol. The van der Waals surface area contributed by atoms with Crippen molar-refractivity contribution in [3.05, 3.63) is 52.8 Å². The fourth-order valence-electron chi connectivity index (χ4n) is 1.73. The third-order valence-corrected chi connectivity index (χ3v) is 3.00. The van der Waals surface area contributed by atoms with Gasteiger partial charge in [0.2, 0.25) is 0 Å². The van der Waals surface area contributed by atoms with Gasteiger partial charge in [0.15, 0.2) is 0 Å². The first-order valence-corrected chi connectivity index (χ1v) is 6.69. The molecule has 0 saturated heterocycles. The van der Waals surface area contributed by atoms with Crippen LogP contribution in [0.2, 0.25) is 5.02 Å². The molecule has 21 heavy (non-hydrogen) atoms. The van der Waals surface area contributed by atoms with Crippen molar-refractivity contribution in [1.82, 2.24) is 5.32 Å². The van der Waals surface area contributed by atoms with Gasteiger partial charge >= 0.3 is 0 Å². The first-order chi connectivity index (χ1) is 10.0. The van der Waals surface area contributed by atoms with Crippen molar-refractivity contribution in [2.75, 3.05) is 12.3 Å². The van der Waals surface area contributed by atoms with E-state index in [4.69, 9.17) is 22.1 Å². The Morgan fingerprint density at radius 2 is 2.10 bits per heavy atom. The SMILES string of the molecule is CCNC(=O)c1ccc(N)cc1Oc1ccc(F)c(Cl)c1. The summed E-state index contributed by atoms with van der Waals surface area (Å²) in [6.07, 6.45) is 0. The highest BCUT2D eigenvalue weighted by molar-refractivity contribution is 6.30. The number of carbonyl (C=O) groups is 1. The monoisotopic (exact) mass is 308 g/mol. The summed E-state index contributed by atoms with van der Waals surface area (Å²) < 4.78 is 18.7. The molecule has 0 aromatic heterocycles. The van der Waals surface area contributed by atoms with Crippen LogP contribution < -0.4 is 15.8 Å². The lowest BCUT2D eigenvalue weighted by Crippen LogP contribution is -2.23. The molecule has 0 saturated carbocycles. The Balaban J connectivity index is 2.35. The molecule has 6 heteroatoms.